The van der Waals surface area contributed by atoms with Gasteiger partial charge in [0.15, 0.2) is 0 Å². The smallest absolute Gasteiger partial charge is 0.409 e. The zero-order chi connectivity index (χ0) is 28.8. The maximum atomic E-state index is 12.0. The number of nitrogen functional groups attached to an aromatic ring is 1. The highest BCUT2D eigenvalue weighted by molar-refractivity contribution is 5.68. The minimum atomic E-state index is -0.313. The number of benzene rings is 1. The van der Waals surface area contributed by atoms with E-state index in [1.807, 2.05) is 43.3 Å². The molecule has 0 bridgehead atoms. The lowest BCUT2D eigenvalue weighted by molar-refractivity contribution is 0.105. The molecular weight excluding hydrogens is 528 g/mol. The number of methoxy groups -OCH3 is 1. The number of anilines is 5. The molecule has 0 atom stereocenters. The summed E-state index contributed by atoms with van der Waals surface area (Å²) in [6.45, 7) is 7.52. The highest BCUT2D eigenvalue weighted by atomic mass is 16.6. The topological polar surface area (TPSA) is 147 Å². The van der Waals surface area contributed by atoms with Gasteiger partial charge >= 0.3 is 12.2 Å². The third-order valence-corrected chi connectivity index (χ3v) is 7.15. The molecule has 3 aromatic rings. The largest absolute Gasteiger partial charge is 0.453 e. The molecule has 0 unspecified atom stereocenters. The van der Waals surface area contributed by atoms with Crippen LogP contribution in [0.2, 0.25) is 0 Å². The number of pyridine rings is 1. The number of aromatic nitrogens is 4. The minimum absolute atomic E-state index is 0.244. The number of carbonyl (C=O) groups is 2. The van der Waals surface area contributed by atoms with Gasteiger partial charge in [-0.05, 0) is 43.7 Å². The summed E-state index contributed by atoms with van der Waals surface area (Å²) in [5.74, 6) is 1.39. The molecule has 0 aliphatic carbocycles. The van der Waals surface area contributed by atoms with E-state index in [0.29, 0.717) is 45.3 Å². The Morgan fingerprint density at radius 1 is 0.902 bits per heavy atom. The highest BCUT2D eigenvalue weighted by Gasteiger charge is 2.23. The first-order valence-corrected chi connectivity index (χ1v) is 13.8. The van der Waals surface area contributed by atoms with Crippen LogP contribution in [0.3, 0.4) is 0 Å². The Kier molecular flexibility index (Phi) is 8.56. The fraction of sp³-hybridized carbons (Fsp3) is 0.444. The van der Waals surface area contributed by atoms with Crippen LogP contribution in [0, 0.1) is 0 Å². The van der Waals surface area contributed by atoms with Crippen LogP contribution in [0.4, 0.5) is 38.7 Å². The van der Waals surface area contributed by atoms with Gasteiger partial charge in [0.2, 0.25) is 11.9 Å². The maximum absolute atomic E-state index is 12.0. The van der Waals surface area contributed by atoms with E-state index >= 15 is 0 Å². The van der Waals surface area contributed by atoms with Crippen molar-refractivity contribution in [1.82, 2.24) is 29.5 Å². The summed E-state index contributed by atoms with van der Waals surface area (Å²) >= 11 is 0. The fourth-order valence-corrected chi connectivity index (χ4v) is 4.98. The van der Waals surface area contributed by atoms with E-state index < -0.39 is 0 Å². The van der Waals surface area contributed by atoms with Crippen LogP contribution in [0.5, 0.6) is 0 Å². The number of carbonyl (C=O) groups excluding carboxylic acids is 2. The van der Waals surface area contributed by atoms with Crippen molar-refractivity contribution >= 4 is 41.3 Å². The third-order valence-electron chi connectivity index (χ3n) is 7.15. The van der Waals surface area contributed by atoms with E-state index in [9.17, 15) is 9.59 Å². The van der Waals surface area contributed by atoms with E-state index in [0.717, 1.165) is 48.9 Å². The first kappa shape index (κ1) is 27.8. The molecule has 2 amide bonds. The Morgan fingerprint density at radius 3 is 2.32 bits per heavy atom. The summed E-state index contributed by atoms with van der Waals surface area (Å²) in [6, 6.07) is 11.7. The molecule has 14 nitrogen and oxygen atoms in total. The van der Waals surface area contributed by atoms with Crippen molar-refractivity contribution in [1.29, 1.82) is 0 Å². The molecule has 0 radical (unpaired) electrons. The summed E-state index contributed by atoms with van der Waals surface area (Å²) in [4.78, 5) is 40.6. The van der Waals surface area contributed by atoms with Crippen LogP contribution in [0.25, 0.3) is 5.69 Å². The zero-order valence-corrected chi connectivity index (χ0v) is 23.4. The van der Waals surface area contributed by atoms with Crippen molar-refractivity contribution in [3.05, 3.63) is 42.6 Å². The zero-order valence-electron chi connectivity index (χ0n) is 23.4. The van der Waals surface area contributed by atoms with E-state index in [-0.39, 0.29) is 18.1 Å². The average Bonchev–Trinajstić information content (AvgIpc) is 3.19. The Balaban J connectivity index is 1.21. The first-order valence-electron chi connectivity index (χ1n) is 13.8. The number of nitrogens with zero attached hydrogens (tertiary/aromatic N) is 8. The van der Waals surface area contributed by atoms with Gasteiger partial charge in [-0.3, -0.25) is 0 Å². The van der Waals surface area contributed by atoms with Gasteiger partial charge in [0, 0.05) is 76.0 Å². The second-order valence-electron chi connectivity index (χ2n) is 9.72. The quantitative estimate of drug-likeness (QED) is 0.455. The van der Waals surface area contributed by atoms with Gasteiger partial charge in [0.25, 0.3) is 0 Å². The van der Waals surface area contributed by atoms with Gasteiger partial charge in [-0.15, -0.1) is 5.10 Å². The van der Waals surface area contributed by atoms with E-state index in [1.54, 1.807) is 20.7 Å². The van der Waals surface area contributed by atoms with Crippen molar-refractivity contribution in [2.24, 2.45) is 0 Å². The van der Waals surface area contributed by atoms with Crippen molar-refractivity contribution in [2.45, 2.75) is 13.3 Å². The van der Waals surface area contributed by atoms with Gasteiger partial charge < -0.3 is 40.1 Å². The van der Waals surface area contributed by atoms with Crippen LogP contribution in [0.1, 0.15) is 13.3 Å². The molecule has 0 spiro atoms. The van der Waals surface area contributed by atoms with Gasteiger partial charge in [-0.1, -0.05) is 0 Å². The van der Waals surface area contributed by atoms with E-state index in [2.05, 4.69) is 30.2 Å². The summed E-state index contributed by atoms with van der Waals surface area (Å²) in [7, 11) is 1.40. The average molecular weight is 565 g/mol. The number of hydrogen-bond acceptors (Lipinski definition) is 11. The Labute approximate surface area is 238 Å². The van der Waals surface area contributed by atoms with Crippen LogP contribution in [0.15, 0.2) is 42.6 Å². The van der Waals surface area contributed by atoms with Gasteiger partial charge in [-0.25, -0.2) is 14.6 Å². The standard InChI is InChI=1S/C27H36N10O4/c1-3-41-27(39)36-16-13-33(14-17-36)21-7-5-20(6-8-21)30-25-31-24(28)37(32-25)22-9-10-29-23(19-22)34-11-4-12-35(18-15-34)26(38)40-2/h5-10,19H,3-4,11-18H2,1-2H3,(H3,28,30,31,32). The molecule has 41 heavy (non-hydrogen) atoms. The summed E-state index contributed by atoms with van der Waals surface area (Å²) in [5, 5.41) is 7.79. The van der Waals surface area contributed by atoms with E-state index in [1.165, 1.54) is 7.11 Å². The third kappa shape index (κ3) is 6.53. The lowest BCUT2D eigenvalue weighted by Crippen LogP contribution is -2.49. The monoisotopic (exact) mass is 564 g/mol. The van der Waals surface area contributed by atoms with Crippen LogP contribution >= 0.6 is 0 Å². The molecule has 1 aromatic carbocycles. The Morgan fingerprint density at radius 2 is 1.61 bits per heavy atom. The summed E-state index contributed by atoms with van der Waals surface area (Å²) in [5.41, 5.74) is 8.87. The van der Waals surface area contributed by atoms with Gasteiger partial charge in [0.05, 0.1) is 19.4 Å². The highest BCUT2D eigenvalue weighted by Crippen LogP contribution is 2.24. The second-order valence-corrected chi connectivity index (χ2v) is 9.72. The van der Waals surface area contributed by atoms with E-state index in [4.69, 9.17) is 15.2 Å². The first-order chi connectivity index (χ1) is 19.9. The number of amides is 2. The SMILES string of the molecule is CCOC(=O)N1CCN(c2ccc(Nc3nc(N)n(-c4ccnc(N5CCCN(C(=O)OC)CC5)c4)n3)cc2)CC1. The Bertz CT molecular complexity index is 1340. The maximum Gasteiger partial charge on any atom is 0.409 e. The number of ether oxygens (including phenoxy) is 2. The van der Waals surface area contributed by atoms with Gasteiger partial charge in [0.1, 0.15) is 5.82 Å². The molecule has 14 heteroatoms. The fourth-order valence-electron chi connectivity index (χ4n) is 4.98. The molecule has 218 valence electrons. The molecule has 2 saturated heterocycles. The lowest BCUT2D eigenvalue weighted by Gasteiger charge is -2.35. The summed E-state index contributed by atoms with van der Waals surface area (Å²) < 4.78 is 11.5. The van der Waals surface area contributed by atoms with Crippen molar-refractivity contribution in [3.8, 4) is 5.69 Å². The molecule has 0 saturated carbocycles. The predicted octanol–water partition coefficient (Wildman–Crippen LogP) is 2.55. The second kappa shape index (κ2) is 12.6. The summed E-state index contributed by atoms with van der Waals surface area (Å²) in [6.07, 6.45) is 1.96. The number of nitrogens with one attached hydrogen (secondary N) is 1. The van der Waals surface area contributed by atoms with Crippen molar-refractivity contribution < 1.29 is 19.1 Å². The van der Waals surface area contributed by atoms with Crippen LogP contribution in [-0.4, -0.2) is 108 Å². The molecule has 2 fully saturated rings. The van der Waals surface area contributed by atoms with Gasteiger partial charge in [-0.2, -0.15) is 9.67 Å². The van der Waals surface area contributed by atoms with Crippen LogP contribution in [-0.2, 0) is 9.47 Å². The van der Waals surface area contributed by atoms with Crippen molar-refractivity contribution in [3.63, 3.8) is 0 Å². The molecule has 4 heterocycles. The van der Waals surface area contributed by atoms with Crippen LogP contribution < -0.4 is 20.9 Å². The number of nitrogens with two attached hydrogens (primary N) is 1. The van der Waals surface area contributed by atoms with Crippen molar-refractivity contribution in [2.75, 3.05) is 86.9 Å². The normalized spacial score (nSPS) is 15.9. The predicted molar refractivity (Wildman–Crippen MR) is 155 cm³/mol. The number of hydrogen-bond donors (Lipinski definition) is 2. The number of piperazine rings is 1. The number of rotatable bonds is 6. The molecule has 2 aromatic heterocycles. The molecular formula is C27H36N10O4. The molecule has 3 N–H and O–H groups in total. The Hall–Kier alpha value is -4.75. The lowest BCUT2D eigenvalue weighted by atomic mass is 10.2. The minimum Gasteiger partial charge on any atom is -0.453 e. The molecule has 5 rings (SSSR count). The molecule has 2 aliphatic heterocycles. The molecule has 2 aliphatic rings.